The summed E-state index contributed by atoms with van der Waals surface area (Å²) in [7, 11) is 0. The van der Waals surface area contributed by atoms with Gasteiger partial charge in [-0.25, -0.2) is 4.79 Å². The molecule has 1 aromatic rings. The van der Waals surface area contributed by atoms with Gasteiger partial charge in [0.1, 0.15) is 4.32 Å². The lowest BCUT2D eigenvalue weighted by Gasteiger charge is -2.34. The van der Waals surface area contributed by atoms with Gasteiger partial charge in [-0.15, -0.1) is 0 Å². The van der Waals surface area contributed by atoms with Crippen molar-refractivity contribution in [2.24, 2.45) is 0 Å². The first-order valence-electron chi connectivity index (χ1n) is 11.1. The number of carbonyl (C=O) groups excluding carboxylic acids is 3. The molecule has 0 aliphatic carbocycles. The molecule has 2 fully saturated rings. The Morgan fingerprint density at radius 2 is 1.76 bits per heavy atom. The quantitative estimate of drug-likeness (QED) is 0.294. The van der Waals surface area contributed by atoms with Gasteiger partial charge < -0.3 is 14.5 Å². The topological polar surface area (TPSA) is 70.2 Å². The summed E-state index contributed by atoms with van der Waals surface area (Å²) in [6.45, 7) is 4.76. The molecule has 0 unspecified atom stereocenters. The minimum atomic E-state index is -0.316. The normalized spacial score (nSPS) is 17.8. The van der Waals surface area contributed by atoms with E-state index in [0.717, 1.165) is 24.8 Å². The lowest BCUT2D eigenvalue weighted by Crippen LogP contribution is -2.50. The van der Waals surface area contributed by atoms with Crippen LogP contribution in [0, 0.1) is 0 Å². The first kappa shape index (κ1) is 25.5. The number of halogens is 1. The van der Waals surface area contributed by atoms with Gasteiger partial charge in [-0.3, -0.25) is 14.5 Å². The average molecular weight is 510 g/mol. The molecule has 0 saturated carbocycles. The molecule has 178 valence electrons. The SMILES string of the molecule is CCOC(=O)N1CCN(C(=O)CCCCCN2C(=O)/C(=C/c3ccc(Cl)cc3)SC2=S)CC1. The summed E-state index contributed by atoms with van der Waals surface area (Å²) >= 11 is 12.6. The van der Waals surface area contributed by atoms with Gasteiger partial charge in [-0.05, 0) is 43.5 Å². The van der Waals surface area contributed by atoms with Gasteiger partial charge in [0.05, 0.1) is 11.5 Å². The third kappa shape index (κ3) is 7.19. The molecule has 2 heterocycles. The second-order valence-corrected chi connectivity index (χ2v) is 9.87. The zero-order valence-electron chi connectivity index (χ0n) is 18.6. The van der Waals surface area contributed by atoms with Crippen LogP contribution in [-0.4, -0.2) is 76.3 Å². The van der Waals surface area contributed by atoms with Crippen molar-refractivity contribution in [3.8, 4) is 0 Å². The molecule has 2 saturated heterocycles. The lowest BCUT2D eigenvalue weighted by molar-refractivity contribution is -0.133. The summed E-state index contributed by atoms with van der Waals surface area (Å²) in [6.07, 6.45) is 4.35. The van der Waals surface area contributed by atoms with Crippen LogP contribution in [0.15, 0.2) is 29.2 Å². The molecule has 0 spiro atoms. The average Bonchev–Trinajstić information content (AvgIpc) is 3.07. The second kappa shape index (κ2) is 12.4. The predicted octanol–water partition coefficient (Wildman–Crippen LogP) is 4.40. The number of rotatable bonds is 8. The summed E-state index contributed by atoms with van der Waals surface area (Å²) in [6, 6.07) is 7.30. The molecular formula is C23H28ClN3O4S2. The van der Waals surface area contributed by atoms with Crippen LogP contribution in [0.1, 0.15) is 38.2 Å². The Kier molecular flexibility index (Phi) is 9.58. The van der Waals surface area contributed by atoms with Gasteiger partial charge in [0.15, 0.2) is 0 Å². The predicted molar refractivity (Wildman–Crippen MR) is 135 cm³/mol. The zero-order chi connectivity index (χ0) is 23.8. The van der Waals surface area contributed by atoms with Gasteiger partial charge >= 0.3 is 6.09 Å². The fraction of sp³-hybridized carbons (Fsp3) is 0.478. The van der Waals surface area contributed by atoms with Crippen LogP contribution in [0.5, 0.6) is 0 Å². The van der Waals surface area contributed by atoms with E-state index in [1.807, 2.05) is 18.2 Å². The standard InChI is InChI=1S/C23H28ClN3O4S2/c1-2-31-22(30)26-14-12-25(13-15-26)20(28)6-4-3-5-11-27-21(29)19(33-23(27)32)16-17-7-9-18(24)10-8-17/h7-10,16H,2-6,11-15H2,1H3/b19-16-. The van der Waals surface area contributed by atoms with E-state index in [-0.39, 0.29) is 17.9 Å². The summed E-state index contributed by atoms with van der Waals surface area (Å²) in [5.41, 5.74) is 0.904. The molecule has 0 aromatic heterocycles. The minimum Gasteiger partial charge on any atom is -0.450 e. The van der Waals surface area contributed by atoms with Gasteiger partial charge in [0, 0.05) is 44.2 Å². The van der Waals surface area contributed by atoms with Crippen molar-refractivity contribution in [2.45, 2.75) is 32.6 Å². The molecule has 3 rings (SSSR count). The highest BCUT2D eigenvalue weighted by molar-refractivity contribution is 8.26. The van der Waals surface area contributed by atoms with Crippen LogP contribution in [-0.2, 0) is 14.3 Å². The van der Waals surface area contributed by atoms with E-state index in [2.05, 4.69) is 0 Å². The van der Waals surface area contributed by atoms with Crippen LogP contribution in [0.2, 0.25) is 5.02 Å². The Balaban J connectivity index is 1.36. The molecule has 0 N–H and O–H groups in total. The fourth-order valence-electron chi connectivity index (χ4n) is 3.64. The number of hydrogen-bond donors (Lipinski definition) is 0. The number of piperazine rings is 1. The molecule has 2 aliphatic heterocycles. The summed E-state index contributed by atoms with van der Waals surface area (Å²) in [5.74, 6) is 0.0329. The Morgan fingerprint density at radius 1 is 1.09 bits per heavy atom. The Labute approximate surface area is 209 Å². The van der Waals surface area contributed by atoms with E-state index < -0.39 is 0 Å². The number of benzene rings is 1. The van der Waals surface area contributed by atoms with Gasteiger partial charge in [0.2, 0.25) is 5.91 Å². The van der Waals surface area contributed by atoms with E-state index in [4.69, 9.17) is 28.6 Å². The van der Waals surface area contributed by atoms with E-state index >= 15 is 0 Å². The molecule has 1 aromatic carbocycles. The molecular weight excluding hydrogens is 482 g/mol. The van der Waals surface area contributed by atoms with Crippen LogP contribution >= 0.6 is 35.6 Å². The molecule has 10 heteroatoms. The largest absolute Gasteiger partial charge is 0.450 e. The maximum absolute atomic E-state index is 12.7. The van der Waals surface area contributed by atoms with Gasteiger partial charge in [-0.1, -0.05) is 54.1 Å². The lowest BCUT2D eigenvalue weighted by atomic mass is 10.1. The Morgan fingerprint density at radius 3 is 2.42 bits per heavy atom. The van der Waals surface area contributed by atoms with E-state index in [1.165, 1.54) is 11.8 Å². The van der Waals surface area contributed by atoms with E-state index in [9.17, 15) is 14.4 Å². The molecule has 33 heavy (non-hydrogen) atoms. The Hall–Kier alpha value is -2.10. The van der Waals surface area contributed by atoms with Crippen molar-refractivity contribution in [2.75, 3.05) is 39.3 Å². The highest BCUT2D eigenvalue weighted by Crippen LogP contribution is 2.33. The molecule has 0 bridgehead atoms. The minimum absolute atomic E-state index is 0.0736. The number of nitrogens with zero attached hydrogens (tertiary/aromatic N) is 3. The smallest absolute Gasteiger partial charge is 0.409 e. The van der Waals surface area contributed by atoms with Crippen LogP contribution in [0.25, 0.3) is 6.08 Å². The van der Waals surface area contributed by atoms with Crippen LogP contribution in [0.3, 0.4) is 0 Å². The van der Waals surface area contributed by atoms with Crippen molar-refractivity contribution in [3.05, 3.63) is 39.8 Å². The molecule has 0 radical (unpaired) electrons. The van der Waals surface area contributed by atoms with Crippen molar-refractivity contribution in [3.63, 3.8) is 0 Å². The first-order valence-corrected chi connectivity index (χ1v) is 12.7. The highest BCUT2D eigenvalue weighted by atomic mass is 35.5. The maximum atomic E-state index is 12.7. The van der Waals surface area contributed by atoms with Crippen LogP contribution in [0.4, 0.5) is 4.79 Å². The maximum Gasteiger partial charge on any atom is 0.409 e. The second-order valence-electron chi connectivity index (χ2n) is 7.76. The van der Waals surface area contributed by atoms with Crippen molar-refractivity contribution < 1.29 is 19.1 Å². The fourth-order valence-corrected chi connectivity index (χ4v) is 5.07. The third-order valence-corrected chi connectivity index (χ3v) is 7.10. The molecule has 0 atom stereocenters. The van der Waals surface area contributed by atoms with Gasteiger partial charge in [-0.2, -0.15) is 0 Å². The third-order valence-electron chi connectivity index (χ3n) is 5.47. The molecule has 3 amide bonds. The van der Waals surface area contributed by atoms with Crippen LogP contribution < -0.4 is 0 Å². The molecule has 2 aliphatic rings. The van der Waals surface area contributed by atoms with Crippen molar-refractivity contribution in [1.82, 2.24) is 14.7 Å². The van der Waals surface area contributed by atoms with Crippen molar-refractivity contribution in [1.29, 1.82) is 0 Å². The summed E-state index contributed by atoms with van der Waals surface area (Å²) in [4.78, 5) is 42.6. The van der Waals surface area contributed by atoms with Crippen molar-refractivity contribution >= 4 is 63.9 Å². The Bertz CT molecular complexity index is 915. The monoisotopic (exact) mass is 509 g/mol. The van der Waals surface area contributed by atoms with E-state index in [1.54, 1.807) is 33.8 Å². The number of amides is 3. The first-order chi connectivity index (χ1) is 15.9. The van der Waals surface area contributed by atoms with E-state index in [0.29, 0.717) is 60.0 Å². The highest BCUT2D eigenvalue weighted by Gasteiger charge is 2.31. The summed E-state index contributed by atoms with van der Waals surface area (Å²) in [5, 5.41) is 0.650. The number of ether oxygens (including phenoxy) is 1. The number of thioether (sulfide) groups is 1. The number of thiocarbonyl (C=S) groups is 1. The number of unbranched alkanes of at least 4 members (excludes halogenated alkanes) is 2. The number of hydrogen-bond acceptors (Lipinski definition) is 6. The zero-order valence-corrected chi connectivity index (χ0v) is 21.0. The summed E-state index contributed by atoms with van der Waals surface area (Å²) < 4.78 is 5.57. The molecule has 7 nitrogen and oxygen atoms in total. The van der Waals surface area contributed by atoms with Gasteiger partial charge in [0.25, 0.3) is 5.91 Å². The number of carbonyl (C=O) groups is 3.